The van der Waals surface area contributed by atoms with Gasteiger partial charge in [0, 0.05) is 0 Å². The number of hydrogen-bond donors (Lipinski definition) is 0. The molecule has 0 bridgehead atoms. The Hall–Kier alpha value is -3.47. The molecular weight excluding hydrogens is 356 g/mol. The standard InChI is InChI=1S/C23H22O5/c1-25-18-12-8-16(9-13-18)22(17-10-14-19(26-2)15-11-17)28-23(24)20-6-4-5-7-21(20)27-3/h4-15,22H,1-3H3. The average molecular weight is 378 g/mol. The maximum Gasteiger partial charge on any atom is 0.342 e. The molecule has 0 heterocycles. The number of esters is 1. The number of methoxy groups -OCH3 is 3. The van der Waals surface area contributed by atoms with Crippen molar-refractivity contribution in [2.75, 3.05) is 21.3 Å². The lowest BCUT2D eigenvalue weighted by molar-refractivity contribution is 0.0374. The predicted molar refractivity (Wildman–Crippen MR) is 106 cm³/mol. The molecule has 0 aliphatic carbocycles. The second kappa shape index (κ2) is 8.95. The van der Waals surface area contributed by atoms with Crippen LogP contribution in [0.3, 0.4) is 0 Å². The lowest BCUT2D eigenvalue weighted by Crippen LogP contribution is -2.14. The first-order valence-electron chi connectivity index (χ1n) is 8.78. The molecule has 28 heavy (non-hydrogen) atoms. The van der Waals surface area contributed by atoms with Crippen LogP contribution in [0.5, 0.6) is 17.2 Å². The van der Waals surface area contributed by atoms with E-state index in [2.05, 4.69) is 0 Å². The summed E-state index contributed by atoms with van der Waals surface area (Å²) in [5.41, 5.74) is 2.03. The van der Waals surface area contributed by atoms with Crippen molar-refractivity contribution in [2.45, 2.75) is 6.10 Å². The summed E-state index contributed by atoms with van der Waals surface area (Å²) in [6.45, 7) is 0. The molecule has 0 aliphatic heterocycles. The van der Waals surface area contributed by atoms with E-state index in [0.29, 0.717) is 11.3 Å². The summed E-state index contributed by atoms with van der Waals surface area (Å²) < 4.78 is 21.6. The van der Waals surface area contributed by atoms with Crippen LogP contribution in [0, 0.1) is 0 Å². The van der Waals surface area contributed by atoms with E-state index in [1.807, 2.05) is 48.5 Å². The van der Waals surface area contributed by atoms with Gasteiger partial charge in [0.2, 0.25) is 0 Å². The summed E-state index contributed by atoms with van der Waals surface area (Å²) in [7, 11) is 4.74. The van der Waals surface area contributed by atoms with Crippen LogP contribution in [0.4, 0.5) is 0 Å². The minimum atomic E-state index is -0.589. The minimum absolute atomic E-state index is 0.372. The van der Waals surface area contributed by atoms with E-state index in [0.717, 1.165) is 22.6 Å². The molecule has 5 nitrogen and oxygen atoms in total. The average Bonchev–Trinajstić information content (AvgIpc) is 2.77. The van der Waals surface area contributed by atoms with Gasteiger partial charge in [-0.2, -0.15) is 0 Å². The van der Waals surface area contributed by atoms with E-state index in [4.69, 9.17) is 18.9 Å². The number of carbonyl (C=O) groups excluding carboxylic acids is 1. The van der Waals surface area contributed by atoms with Crippen LogP contribution in [-0.2, 0) is 4.74 Å². The van der Waals surface area contributed by atoms with E-state index in [1.165, 1.54) is 7.11 Å². The molecule has 0 amide bonds. The number of rotatable bonds is 7. The van der Waals surface area contributed by atoms with Gasteiger partial charge in [0.25, 0.3) is 0 Å². The first-order valence-corrected chi connectivity index (χ1v) is 8.78. The Morgan fingerprint density at radius 1 is 0.679 bits per heavy atom. The third-order valence-electron chi connectivity index (χ3n) is 4.39. The first kappa shape index (κ1) is 19.3. The molecule has 0 aromatic heterocycles. The number of benzene rings is 3. The fourth-order valence-electron chi connectivity index (χ4n) is 2.87. The van der Waals surface area contributed by atoms with Crippen molar-refractivity contribution in [3.05, 3.63) is 89.5 Å². The van der Waals surface area contributed by atoms with Crippen molar-refractivity contribution in [3.63, 3.8) is 0 Å². The van der Waals surface area contributed by atoms with Crippen LogP contribution in [0.15, 0.2) is 72.8 Å². The third kappa shape index (κ3) is 4.26. The molecule has 0 aliphatic rings. The summed E-state index contributed by atoms with van der Waals surface area (Å²) >= 11 is 0. The summed E-state index contributed by atoms with van der Waals surface area (Å²) in [6, 6.07) is 21.8. The highest BCUT2D eigenvalue weighted by Gasteiger charge is 2.22. The third-order valence-corrected chi connectivity index (χ3v) is 4.39. The van der Waals surface area contributed by atoms with Gasteiger partial charge in [0.1, 0.15) is 22.8 Å². The Morgan fingerprint density at radius 3 is 1.64 bits per heavy atom. The molecule has 0 unspecified atom stereocenters. The zero-order valence-electron chi connectivity index (χ0n) is 16.0. The Kier molecular flexibility index (Phi) is 6.17. The summed E-state index contributed by atoms with van der Waals surface area (Å²) in [5, 5.41) is 0. The fourth-order valence-corrected chi connectivity index (χ4v) is 2.87. The van der Waals surface area contributed by atoms with Crippen LogP contribution in [0.25, 0.3) is 0 Å². The molecule has 0 spiro atoms. The maximum absolute atomic E-state index is 12.9. The largest absolute Gasteiger partial charge is 0.497 e. The molecular formula is C23H22O5. The lowest BCUT2D eigenvalue weighted by Gasteiger charge is -2.20. The molecule has 0 atom stereocenters. The topological polar surface area (TPSA) is 54.0 Å². The van der Waals surface area contributed by atoms with Crippen LogP contribution in [-0.4, -0.2) is 27.3 Å². The zero-order valence-corrected chi connectivity index (χ0v) is 16.0. The monoisotopic (exact) mass is 378 g/mol. The second-order valence-electron chi connectivity index (χ2n) is 6.03. The summed E-state index contributed by atoms with van der Waals surface area (Å²) in [6.07, 6.45) is -0.589. The highest BCUT2D eigenvalue weighted by atomic mass is 16.5. The highest BCUT2D eigenvalue weighted by Crippen LogP contribution is 2.31. The van der Waals surface area contributed by atoms with E-state index < -0.39 is 12.1 Å². The smallest absolute Gasteiger partial charge is 0.342 e. The van der Waals surface area contributed by atoms with E-state index >= 15 is 0 Å². The van der Waals surface area contributed by atoms with Gasteiger partial charge < -0.3 is 18.9 Å². The van der Waals surface area contributed by atoms with E-state index in [1.54, 1.807) is 38.5 Å². The molecule has 0 N–H and O–H groups in total. The van der Waals surface area contributed by atoms with Crippen LogP contribution in [0.2, 0.25) is 0 Å². The second-order valence-corrected chi connectivity index (χ2v) is 6.03. The van der Waals surface area contributed by atoms with Crippen LogP contribution >= 0.6 is 0 Å². The van der Waals surface area contributed by atoms with Crippen LogP contribution in [0.1, 0.15) is 27.6 Å². The maximum atomic E-state index is 12.9. The van der Waals surface area contributed by atoms with Gasteiger partial charge >= 0.3 is 5.97 Å². The molecule has 3 aromatic rings. The Bertz CT molecular complexity index is 869. The lowest BCUT2D eigenvalue weighted by atomic mass is 10.0. The predicted octanol–water partition coefficient (Wildman–Crippen LogP) is 4.66. The molecule has 144 valence electrons. The van der Waals surface area contributed by atoms with Gasteiger partial charge in [-0.3, -0.25) is 0 Å². The van der Waals surface area contributed by atoms with E-state index in [9.17, 15) is 4.79 Å². The van der Waals surface area contributed by atoms with Crippen molar-refractivity contribution in [3.8, 4) is 17.2 Å². The van der Waals surface area contributed by atoms with Gasteiger partial charge in [0.05, 0.1) is 21.3 Å². The molecule has 0 fully saturated rings. The minimum Gasteiger partial charge on any atom is -0.497 e. The van der Waals surface area contributed by atoms with E-state index in [-0.39, 0.29) is 0 Å². The van der Waals surface area contributed by atoms with Gasteiger partial charge in [-0.25, -0.2) is 4.79 Å². The molecule has 0 saturated heterocycles. The number of ether oxygens (including phenoxy) is 4. The molecule has 3 rings (SSSR count). The summed E-state index contributed by atoms with van der Waals surface area (Å²) in [4.78, 5) is 12.9. The quantitative estimate of drug-likeness (QED) is 0.560. The van der Waals surface area contributed by atoms with Gasteiger partial charge in [-0.1, -0.05) is 36.4 Å². The Balaban J connectivity index is 1.96. The normalized spacial score (nSPS) is 10.4. The Labute approximate surface area is 164 Å². The SMILES string of the molecule is COc1ccc(C(OC(=O)c2ccccc2OC)c2ccc(OC)cc2)cc1. The fraction of sp³-hybridized carbons (Fsp3) is 0.174. The van der Waals surface area contributed by atoms with Crippen LogP contribution < -0.4 is 14.2 Å². The Morgan fingerprint density at radius 2 is 1.18 bits per heavy atom. The van der Waals surface area contributed by atoms with Crippen molar-refractivity contribution >= 4 is 5.97 Å². The number of carbonyl (C=O) groups is 1. The van der Waals surface area contributed by atoms with Gasteiger partial charge in [-0.05, 0) is 47.5 Å². The molecule has 5 heteroatoms. The molecule has 0 radical (unpaired) electrons. The zero-order chi connectivity index (χ0) is 19.9. The highest BCUT2D eigenvalue weighted by molar-refractivity contribution is 5.92. The van der Waals surface area contributed by atoms with Crippen molar-refractivity contribution in [1.29, 1.82) is 0 Å². The van der Waals surface area contributed by atoms with Crippen molar-refractivity contribution in [2.24, 2.45) is 0 Å². The first-order chi connectivity index (χ1) is 13.7. The molecule has 3 aromatic carbocycles. The van der Waals surface area contributed by atoms with Crippen molar-refractivity contribution < 1.29 is 23.7 Å². The van der Waals surface area contributed by atoms with Crippen molar-refractivity contribution in [1.82, 2.24) is 0 Å². The summed E-state index contributed by atoms with van der Waals surface area (Å²) in [5.74, 6) is 1.46. The number of para-hydroxylation sites is 1. The van der Waals surface area contributed by atoms with Gasteiger partial charge in [-0.15, -0.1) is 0 Å². The molecule has 0 saturated carbocycles. The number of hydrogen-bond acceptors (Lipinski definition) is 5. The van der Waals surface area contributed by atoms with Gasteiger partial charge in [0.15, 0.2) is 6.10 Å².